The Morgan fingerprint density at radius 3 is 2.41 bits per heavy atom. The fourth-order valence-electron chi connectivity index (χ4n) is 1.41. The van der Waals surface area contributed by atoms with Crippen molar-refractivity contribution in [2.45, 2.75) is 51.4 Å². The van der Waals surface area contributed by atoms with Crippen LogP contribution < -0.4 is 0 Å². The molecule has 0 aromatic rings. The van der Waals surface area contributed by atoms with Gasteiger partial charge in [-0.3, -0.25) is 4.79 Å². The van der Waals surface area contributed by atoms with E-state index in [1.54, 1.807) is 0 Å². The Bertz CT molecular complexity index is 286. The molecule has 0 amide bonds. The molecule has 0 heterocycles. The fourth-order valence-corrected chi connectivity index (χ4v) is 2.71. The van der Waals surface area contributed by atoms with Gasteiger partial charge in [0.15, 0.2) is 0 Å². The molecule has 0 spiro atoms. The first-order valence-electron chi connectivity index (χ1n) is 5.99. The number of hydrogen-bond acceptors (Lipinski definition) is 3. The van der Waals surface area contributed by atoms with Crippen molar-refractivity contribution in [3.63, 3.8) is 0 Å². The first-order valence-corrected chi connectivity index (χ1v) is 8.96. The molecule has 17 heavy (non-hydrogen) atoms. The van der Waals surface area contributed by atoms with Gasteiger partial charge in [-0.25, -0.2) is 4.79 Å². The second-order valence-corrected chi connectivity index (χ2v) is 7.74. The lowest BCUT2D eigenvalue weighted by Crippen LogP contribution is -2.31. The SMILES string of the molecule is C=C(CC(=O)O)C(=O)OC(CCCC)[SiH](C)C. The molecule has 0 bridgehead atoms. The molecule has 0 aliphatic heterocycles. The Morgan fingerprint density at radius 1 is 1.41 bits per heavy atom. The van der Waals surface area contributed by atoms with E-state index in [1.165, 1.54) is 0 Å². The smallest absolute Gasteiger partial charge is 0.333 e. The van der Waals surface area contributed by atoms with Gasteiger partial charge in [-0.05, 0) is 6.42 Å². The molecular formula is C12H22O4Si. The predicted octanol–water partition coefficient (Wildman–Crippen LogP) is 2.15. The van der Waals surface area contributed by atoms with Crippen molar-refractivity contribution in [3.8, 4) is 0 Å². The van der Waals surface area contributed by atoms with Crippen LogP contribution in [0.15, 0.2) is 12.2 Å². The number of rotatable bonds is 8. The van der Waals surface area contributed by atoms with Crippen LogP contribution in [0.4, 0.5) is 0 Å². The molecule has 1 unspecified atom stereocenters. The monoisotopic (exact) mass is 258 g/mol. The van der Waals surface area contributed by atoms with Crippen molar-refractivity contribution >= 4 is 20.7 Å². The molecular weight excluding hydrogens is 236 g/mol. The van der Waals surface area contributed by atoms with E-state index >= 15 is 0 Å². The Hall–Kier alpha value is -1.10. The van der Waals surface area contributed by atoms with Crippen LogP contribution in [0.25, 0.3) is 0 Å². The first-order chi connectivity index (χ1) is 7.88. The minimum absolute atomic E-state index is 0.0204. The van der Waals surface area contributed by atoms with Gasteiger partial charge < -0.3 is 9.84 Å². The average molecular weight is 258 g/mol. The highest BCUT2D eigenvalue weighted by Gasteiger charge is 2.21. The van der Waals surface area contributed by atoms with Gasteiger partial charge in [0, 0.05) is 5.57 Å². The number of carboxylic acids is 1. The van der Waals surface area contributed by atoms with Crippen LogP contribution in [-0.4, -0.2) is 31.6 Å². The molecule has 0 saturated carbocycles. The normalized spacial score (nSPS) is 12.2. The topological polar surface area (TPSA) is 63.6 Å². The highest BCUT2D eigenvalue weighted by atomic mass is 28.3. The van der Waals surface area contributed by atoms with Gasteiger partial charge in [-0.2, -0.15) is 0 Å². The van der Waals surface area contributed by atoms with Crippen LogP contribution in [0.1, 0.15) is 32.6 Å². The van der Waals surface area contributed by atoms with Crippen molar-refractivity contribution < 1.29 is 19.4 Å². The summed E-state index contributed by atoms with van der Waals surface area (Å²) >= 11 is 0. The van der Waals surface area contributed by atoms with Gasteiger partial charge in [0.2, 0.25) is 0 Å². The molecule has 1 N–H and O–H groups in total. The van der Waals surface area contributed by atoms with E-state index < -0.39 is 20.7 Å². The van der Waals surface area contributed by atoms with E-state index in [-0.39, 0.29) is 17.7 Å². The van der Waals surface area contributed by atoms with Gasteiger partial charge in [0.1, 0.15) is 0 Å². The molecule has 0 aliphatic rings. The summed E-state index contributed by atoms with van der Waals surface area (Å²) in [5.74, 6) is -1.62. The van der Waals surface area contributed by atoms with Gasteiger partial charge >= 0.3 is 11.9 Å². The van der Waals surface area contributed by atoms with Crippen molar-refractivity contribution in [2.75, 3.05) is 0 Å². The van der Waals surface area contributed by atoms with Crippen LogP contribution in [0.2, 0.25) is 13.1 Å². The largest absolute Gasteiger partial charge is 0.481 e. The highest BCUT2D eigenvalue weighted by Crippen LogP contribution is 2.12. The quantitative estimate of drug-likeness (QED) is 0.411. The molecule has 1 atom stereocenters. The van der Waals surface area contributed by atoms with Crippen LogP contribution in [0, 0.1) is 0 Å². The number of carbonyl (C=O) groups excluding carboxylic acids is 1. The summed E-state index contributed by atoms with van der Waals surface area (Å²) < 4.78 is 5.34. The Kier molecular flexibility index (Phi) is 7.53. The van der Waals surface area contributed by atoms with Gasteiger partial charge in [-0.1, -0.05) is 39.4 Å². The molecule has 0 rings (SSSR count). The maximum absolute atomic E-state index is 11.6. The van der Waals surface area contributed by atoms with E-state index in [0.29, 0.717) is 0 Å². The summed E-state index contributed by atoms with van der Waals surface area (Å²) in [5.41, 5.74) is 0.00152. The number of ether oxygens (including phenoxy) is 1. The zero-order valence-corrected chi connectivity index (χ0v) is 12.0. The number of carboxylic acid groups (broad SMARTS) is 1. The minimum atomic E-state index is -1.08. The molecule has 98 valence electrons. The second kappa shape index (κ2) is 8.06. The maximum Gasteiger partial charge on any atom is 0.333 e. The standard InChI is InChI=1S/C12H22O4Si/c1-5-6-7-11(17(3)4)16-12(15)9(2)8-10(13)14/h11,17H,2,5-8H2,1,3-4H3,(H,13,14). The summed E-state index contributed by atoms with van der Waals surface area (Å²) in [4.78, 5) is 22.0. The van der Waals surface area contributed by atoms with E-state index in [0.717, 1.165) is 19.3 Å². The molecule has 5 heteroatoms. The molecule has 0 aliphatic carbocycles. The third-order valence-electron chi connectivity index (χ3n) is 2.50. The zero-order chi connectivity index (χ0) is 13.4. The predicted molar refractivity (Wildman–Crippen MR) is 69.7 cm³/mol. The number of carbonyl (C=O) groups is 2. The summed E-state index contributed by atoms with van der Waals surface area (Å²) in [6, 6.07) is 0. The molecule has 0 fully saturated rings. The fraction of sp³-hybridized carbons (Fsp3) is 0.667. The summed E-state index contributed by atoms with van der Waals surface area (Å²) in [6.45, 7) is 9.77. The highest BCUT2D eigenvalue weighted by molar-refractivity contribution is 6.57. The average Bonchev–Trinajstić information content (AvgIpc) is 2.22. The number of esters is 1. The lowest BCUT2D eigenvalue weighted by atomic mass is 10.2. The lowest BCUT2D eigenvalue weighted by molar-refractivity contribution is -0.144. The van der Waals surface area contributed by atoms with Crippen LogP contribution in [0.3, 0.4) is 0 Å². The van der Waals surface area contributed by atoms with Crippen molar-refractivity contribution in [1.29, 1.82) is 0 Å². The first kappa shape index (κ1) is 15.9. The van der Waals surface area contributed by atoms with Gasteiger partial charge in [0.05, 0.1) is 20.9 Å². The van der Waals surface area contributed by atoms with E-state index in [2.05, 4.69) is 26.6 Å². The molecule has 0 aromatic heterocycles. The Balaban J connectivity index is 4.29. The zero-order valence-electron chi connectivity index (χ0n) is 10.9. The third kappa shape index (κ3) is 6.94. The number of hydrogen-bond donors (Lipinski definition) is 1. The van der Waals surface area contributed by atoms with Crippen LogP contribution >= 0.6 is 0 Å². The van der Waals surface area contributed by atoms with Gasteiger partial charge in [-0.15, -0.1) is 0 Å². The Morgan fingerprint density at radius 2 is 2.00 bits per heavy atom. The van der Waals surface area contributed by atoms with E-state index in [4.69, 9.17) is 9.84 Å². The molecule has 4 nitrogen and oxygen atoms in total. The van der Waals surface area contributed by atoms with Crippen LogP contribution in [0.5, 0.6) is 0 Å². The summed E-state index contributed by atoms with van der Waals surface area (Å²) in [5, 5.41) is 8.56. The molecule has 0 radical (unpaired) electrons. The van der Waals surface area contributed by atoms with E-state index in [1.807, 2.05) is 0 Å². The van der Waals surface area contributed by atoms with E-state index in [9.17, 15) is 9.59 Å². The number of unbranched alkanes of at least 4 members (excludes halogenated alkanes) is 1. The van der Waals surface area contributed by atoms with Crippen molar-refractivity contribution in [3.05, 3.63) is 12.2 Å². The minimum Gasteiger partial charge on any atom is -0.481 e. The Labute approximate surface area is 104 Å². The molecule has 0 saturated heterocycles. The number of aliphatic carboxylic acids is 1. The van der Waals surface area contributed by atoms with Crippen molar-refractivity contribution in [1.82, 2.24) is 0 Å². The van der Waals surface area contributed by atoms with Crippen molar-refractivity contribution in [2.24, 2.45) is 0 Å². The van der Waals surface area contributed by atoms with Gasteiger partial charge in [0.25, 0.3) is 0 Å². The van der Waals surface area contributed by atoms with Crippen LogP contribution in [-0.2, 0) is 14.3 Å². The summed E-state index contributed by atoms with van der Waals surface area (Å²) in [6.07, 6.45) is 2.60. The second-order valence-electron chi connectivity index (χ2n) is 4.50. The summed E-state index contributed by atoms with van der Waals surface area (Å²) in [7, 11) is -1.08. The lowest BCUT2D eigenvalue weighted by Gasteiger charge is -2.20. The third-order valence-corrected chi connectivity index (χ3v) is 4.45. The molecule has 0 aromatic carbocycles. The maximum atomic E-state index is 11.6.